The molecule has 66 valence electrons. The Morgan fingerprint density at radius 2 is 2.50 bits per heavy atom. The Hall–Kier alpha value is -0.760. The lowest BCUT2D eigenvalue weighted by Gasteiger charge is -2.06. The summed E-state index contributed by atoms with van der Waals surface area (Å²) in [6.07, 6.45) is 3.29. The molecule has 2 heteroatoms. The summed E-state index contributed by atoms with van der Waals surface area (Å²) in [5, 5.41) is 9.67. The van der Waals surface area contributed by atoms with E-state index < -0.39 is 0 Å². The Balaban J connectivity index is 1.87. The van der Waals surface area contributed by atoms with Crippen molar-refractivity contribution >= 4 is 0 Å². The average Bonchev–Trinajstić information content (AvgIpc) is 2.58. The van der Waals surface area contributed by atoms with Crippen LogP contribution >= 0.6 is 0 Å². The van der Waals surface area contributed by atoms with Gasteiger partial charge in [0.25, 0.3) is 0 Å². The molecule has 1 saturated carbocycles. The smallest absolute Gasteiger partial charge is 0.106 e. The van der Waals surface area contributed by atoms with Crippen LogP contribution in [0.4, 0.5) is 0 Å². The van der Waals surface area contributed by atoms with Gasteiger partial charge in [0.05, 0.1) is 12.4 Å². The second kappa shape index (κ2) is 2.94. The molecule has 2 nitrogen and oxygen atoms in total. The number of furan rings is 1. The third-order valence-corrected chi connectivity index (χ3v) is 2.66. The minimum Gasteiger partial charge on any atom is -0.469 e. The van der Waals surface area contributed by atoms with Crippen LogP contribution in [0.1, 0.15) is 19.1 Å². The van der Waals surface area contributed by atoms with Crippen LogP contribution in [0, 0.1) is 11.8 Å². The van der Waals surface area contributed by atoms with Crippen molar-refractivity contribution in [3.63, 3.8) is 0 Å². The van der Waals surface area contributed by atoms with Gasteiger partial charge in [0.1, 0.15) is 5.76 Å². The molecule has 0 aromatic carbocycles. The van der Waals surface area contributed by atoms with Crippen molar-refractivity contribution in [2.45, 2.75) is 25.9 Å². The van der Waals surface area contributed by atoms with Crippen molar-refractivity contribution in [3.8, 4) is 0 Å². The number of rotatable bonds is 3. The van der Waals surface area contributed by atoms with Crippen molar-refractivity contribution in [1.29, 1.82) is 0 Å². The van der Waals surface area contributed by atoms with Gasteiger partial charge in [-0.15, -0.1) is 0 Å². The Morgan fingerprint density at radius 1 is 1.75 bits per heavy atom. The summed E-state index contributed by atoms with van der Waals surface area (Å²) >= 11 is 0. The third kappa shape index (κ3) is 1.53. The molecule has 0 spiro atoms. The maximum absolute atomic E-state index is 9.67. The predicted octanol–water partition coefficient (Wildman–Crippen LogP) is 1.84. The zero-order valence-corrected chi connectivity index (χ0v) is 7.23. The molecule has 1 aliphatic rings. The SMILES string of the molecule is CC1CC1C(O)Cc1ccco1. The maximum Gasteiger partial charge on any atom is 0.106 e. The molecule has 0 saturated heterocycles. The molecule has 0 amide bonds. The Bertz CT molecular complexity index is 240. The minimum absolute atomic E-state index is 0.203. The van der Waals surface area contributed by atoms with E-state index in [2.05, 4.69) is 6.92 Å². The second-order valence-electron chi connectivity index (χ2n) is 3.73. The quantitative estimate of drug-likeness (QED) is 0.743. The lowest BCUT2D eigenvalue weighted by Crippen LogP contribution is -2.13. The lowest BCUT2D eigenvalue weighted by molar-refractivity contribution is 0.139. The Kier molecular flexibility index (Phi) is 1.93. The van der Waals surface area contributed by atoms with Gasteiger partial charge in [-0.1, -0.05) is 6.92 Å². The molecule has 2 rings (SSSR count). The van der Waals surface area contributed by atoms with Crippen LogP contribution in [-0.4, -0.2) is 11.2 Å². The number of aliphatic hydroxyl groups is 1. The van der Waals surface area contributed by atoms with E-state index >= 15 is 0 Å². The highest BCUT2D eigenvalue weighted by Crippen LogP contribution is 2.41. The first-order valence-corrected chi connectivity index (χ1v) is 4.48. The lowest BCUT2D eigenvalue weighted by atomic mass is 10.1. The Labute approximate surface area is 72.2 Å². The van der Waals surface area contributed by atoms with Crippen LogP contribution < -0.4 is 0 Å². The van der Waals surface area contributed by atoms with Crippen molar-refractivity contribution in [3.05, 3.63) is 24.2 Å². The van der Waals surface area contributed by atoms with Crippen molar-refractivity contribution in [2.24, 2.45) is 11.8 Å². The van der Waals surface area contributed by atoms with Gasteiger partial charge in [0.2, 0.25) is 0 Å². The number of hydrogen-bond acceptors (Lipinski definition) is 2. The van der Waals surface area contributed by atoms with Crippen LogP contribution in [0.5, 0.6) is 0 Å². The van der Waals surface area contributed by atoms with Crippen LogP contribution in [0.15, 0.2) is 22.8 Å². The molecule has 12 heavy (non-hydrogen) atoms. The molecule has 0 radical (unpaired) electrons. The summed E-state index contributed by atoms with van der Waals surface area (Å²) < 4.78 is 5.16. The van der Waals surface area contributed by atoms with Crippen molar-refractivity contribution in [2.75, 3.05) is 0 Å². The standard InChI is InChI=1S/C10H14O2/c1-7-5-9(7)10(11)6-8-3-2-4-12-8/h2-4,7,9-11H,5-6H2,1H3. The molecule has 0 aliphatic heterocycles. The van der Waals surface area contributed by atoms with Gasteiger partial charge in [-0.3, -0.25) is 0 Å². The highest BCUT2D eigenvalue weighted by Gasteiger charge is 2.38. The highest BCUT2D eigenvalue weighted by atomic mass is 16.3. The summed E-state index contributed by atoms with van der Waals surface area (Å²) in [6.45, 7) is 2.18. The fourth-order valence-electron chi connectivity index (χ4n) is 1.67. The van der Waals surface area contributed by atoms with Crippen molar-refractivity contribution < 1.29 is 9.52 Å². The zero-order chi connectivity index (χ0) is 8.55. The third-order valence-electron chi connectivity index (χ3n) is 2.66. The summed E-state index contributed by atoms with van der Waals surface area (Å²) in [5.41, 5.74) is 0. The molecule has 1 N–H and O–H groups in total. The van der Waals surface area contributed by atoms with Gasteiger partial charge in [0, 0.05) is 6.42 Å². The first kappa shape index (κ1) is 7.87. The van der Waals surface area contributed by atoms with Crippen LogP contribution in [0.3, 0.4) is 0 Å². The van der Waals surface area contributed by atoms with Gasteiger partial charge in [-0.25, -0.2) is 0 Å². The molecule has 1 heterocycles. The largest absolute Gasteiger partial charge is 0.469 e. The summed E-state index contributed by atoms with van der Waals surface area (Å²) in [6, 6.07) is 3.77. The van der Waals surface area contributed by atoms with Gasteiger partial charge >= 0.3 is 0 Å². The summed E-state index contributed by atoms with van der Waals surface area (Å²) in [4.78, 5) is 0. The molecular weight excluding hydrogens is 152 g/mol. The van der Waals surface area contributed by atoms with E-state index in [1.54, 1.807) is 6.26 Å². The Morgan fingerprint density at radius 3 is 3.00 bits per heavy atom. The molecule has 3 unspecified atom stereocenters. The van der Waals surface area contributed by atoms with E-state index in [4.69, 9.17) is 4.42 Å². The minimum atomic E-state index is -0.203. The fourth-order valence-corrected chi connectivity index (χ4v) is 1.67. The molecule has 0 bridgehead atoms. The molecule has 3 atom stereocenters. The molecule has 1 aromatic rings. The van der Waals surface area contributed by atoms with Crippen molar-refractivity contribution in [1.82, 2.24) is 0 Å². The van der Waals surface area contributed by atoms with E-state index in [1.165, 1.54) is 6.42 Å². The van der Waals surface area contributed by atoms with E-state index in [-0.39, 0.29) is 6.10 Å². The molecule has 1 aromatic heterocycles. The number of aliphatic hydroxyl groups excluding tert-OH is 1. The maximum atomic E-state index is 9.67. The van der Waals surface area contributed by atoms with Gasteiger partial charge in [0.15, 0.2) is 0 Å². The predicted molar refractivity (Wildman–Crippen MR) is 45.7 cm³/mol. The normalized spacial score (nSPS) is 30.2. The van der Waals surface area contributed by atoms with Crippen LogP contribution in [0.25, 0.3) is 0 Å². The second-order valence-corrected chi connectivity index (χ2v) is 3.73. The topological polar surface area (TPSA) is 33.4 Å². The summed E-state index contributed by atoms with van der Waals surface area (Å²) in [5.74, 6) is 2.10. The van der Waals surface area contributed by atoms with Gasteiger partial charge in [-0.2, -0.15) is 0 Å². The van der Waals surface area contributed by atoms with E-state index in [1.807, 2.05) is 12.1 Å². The average molecular weight is 166 g/mol. The summed E-state index contributed by atoms with van der Waals surface area (Å²) in [7, 11) is 0. The van der Waals surface area contributed by atoms with Gasteiger partial charge < -0.3 is 9.52 Å². The molecule has 1 fully saturated rings. The van der Waals surface area contributed by atoms with E-state index in [9.17, 15) is 5.11 Å². The van der Waals surface area contributed by atoms with Gasteiger partial charge in [-0.05, 0) is 30.4 Å². The fraction of sp³-hybridized carbons (Fsp3) is 0.600. The van der Waals surface area contributed by atoms with Crippen LogP contribution in [-0.2, 0) is 6.42 Å². The first-order valence-electron chi connectivity index (χ1n) is 4.48. The van der Waals surface area contributed by atoms with E-state index in [0.29, 0.717) is 18.3 Å². The zero-order valence-electron chi connectivity index (χ0n) is 7.23. The van der Waals surface area contributed by atoms with Crippen LogP contribution in [0.2, 0.25) is 0 Å². The molecular formula is C10H14O2. The number of hydrogen-bond donors (Lipinski definition) is 1. The molecule has 1 aliphatic carbocycles. The monoisotopic (exact) mass is 166 g/mol. The highest BCUT2D eigenvalue weighted by molar-refractivity contribution is 5.02. The first-order chi connectivity index (χ1) is 5.77. The van der Waals surface area contributed by atoms with E-state index in [0.717, 1.165) is 5.76 Å².